The van der Waals surface area contributed by atoms with E-state index in [0.717, 1.165) is 11.1 Å². The summed E-state index contributed by atoms with van der Waals surface area (Å²) in [6.07, 6.45) is 1.72. The fourth-order valence-electron chi connectivity index (χ4n) is 2.54. The van der Waals surface area contributed by atoms with E-state index in [4.69, 9.17) is 44.9 Å². The average molecular weight is 426 g/mol. The Kier molecular flexibility index (Phi) is 5.77. The number of carbonyl (C=O) groups excluding carboxylic acids is 1. The van der Waals surface area contributed by atoms with Gasteiger partial charge in [0.25, 0.3) is 5.91 Å². The second-order valence-electron chi connectivity index (χ2n) is 5.28. The van der Waals surface area contributed by atoms with Gasteiger partial charge in [-0.3, -0.25) is 4.79 Å². The molecular formula is C18H13Cl2NO3S2. The molecule has 1 N–H and O–H groups in total. The number of thioether (sulfide) groups is 1. The highest BCUT2D eigenvalue weighted by molar-refractivity contribution is 8.26. The number of amides is 1. The summed E-state index contributed by atoms with van der Waals surface area (Å²) in [7, 11) is 3.09. The van der Waals surface area contributed by atoms with Gasteiger partial charge in [0, 0.05) is 21.2 Å². The average Bonchev–Trinajstić information content (AvgIpc) is 2.91. The highest BCUT2D eigenvalue weighted by atomic mass is 35.5. The summed E-state index contributed by atoms with van der Waals surface area (Å²) >= 11 is 18.6. The third kappa shape index (κ3) is 3.83. The van der Waals surface area contributed by atoms with E-state index >= 15 is 0 Å². The van der Waals surface area contributed by atoms with Gasteiger partial charge >= 0.3 is 0 Å². The number of benzene rings is 2. The molecule has 3 rings (SSSR count). The molecule has 2 aromatic rings. The SMILES string of the molecule is COc1cc(-c2ccc(Cl)cc2Cl)cc(/C=C2\SC(=S)NC2=O)c1OC. The molecular weight excluding hydrogens is 413 g/mol. The summed E-state index contributed by atoms with van der Waals surface area (Å²) in [5.74, 6) is 0.796. The minimum Gasteiger partial charge on any atom is -0.493 e. The van der Waals surface area contributed by atoms with Crippen LogP contribution in [0.2, 0.25) is 10.0 Å². The van der Waals surface area contributed by atoms with Crippen LogP contribution in [0.25, 0.3) is 17.2 Å². The third-order valence-corrected chi connectivity index (χ3v) is 5.39. The lowest BCUT2D eigenvalue weighted by atomic mass is 10.0. The molecule has 0 saturated carbocycles. The molecule has 0 bridgehead atoms. The number of carbonyl (C=O) groups is 1. The fraction of sp³-hybridized carbons (Fsp3) is 0.111. The molecule has 0 radical (unpaired) electrons. The van der Waals surface area contributed by atoms with Crippen molar-refractivity contribution in [2.45, 2.75) is 0 Å². The summed E-state index contributed by atoms with van der Waals surface area (Å²) in [5, 5.41) is 3.66. The van der Waals surface area contributed by atoms with Crippen molar-refractivity contribution in [3.63, 3.8) is 0 Å². The maximum atomic E-state index is 12.0. The molecule has 26 heavy (non-hydrogen) atoms. The van der Waals surface area contributed by atoms with E-state index in [1.54, 1.807) is 32.4 Å². The van der Waals surface area contributed by atoms with Gasteiger partial charge in [0.05, 0.1) is 19.1 Å². The van der Waals surface area contributed by atoms with Crippen LogP contribution in [0.1, 0.15) is 5.56 Å². The van der Waals surface area contributed by atoms with E-state index in [2.05, 4.69) is 5.32 Å². The minimum absolute atomic E-state index is 0.240. The third-order valence-electron chi connectivity index (χ3n) is 3.68. The van der Waals surface area contributed by atoms with Crippen LogP contribution in [-0.4, -0.2) is 24.4 Å². The first-order valence-electron chi connectivity index (χ1n) is 7.39. The molecule has 4 nitrogen and oxygen atoms in total. The van der Waals surface area contributed by atoms with Gasteiger partial charge in [-0.25, -0.2) is 0 Å². The Morgan fingerprint density at radius 2 is 1.92 bits per heavy atom. The quantitative estimate of drug-likeness (QED) is 0.540. The van der Waals surface area contributed by atoms with Gasteiger partial charge < -0.3 is 14.8 Å². The number of nitrogens with one attached hydrogen (secondary N) is 1. The van der Waals surface area contributed by atoms with Crippen LogP contribution in [-0.2, 0) is 4.79 Å². The minimum atomic E-state index is -0.240. The van der Waals surface area contributed by atoms with Crippen molar-refractivity contribution < 1.29 is 14.3 Å². The molecule has 1 fully saturated rings. The molecule has 0 spiro atoms. The fourth-order valence-corrected chi connectivity index (χ4v) is 4.10. The zero-order valence-corrected chi connectivity index (χ0v) is 16.9. The highest BCUT2D eigenvalue weighted by Crippen LogP contribution is 2.41. The zero-order valence-electron chi connectivity index (χ0n) is 13.8. The van der Waals surface area contributed by atoms with Crippen LogP contribution in [0.15, 0.2) is 35.2 Å². The van der Waals surface area contributed by atoms with Crippen molar-refractivity contribution in [2.75, 3.05) is 14.2 Å². The number of ether oxygens (including phenoxy) is 2. The lowest BCUT2D eigenvalue weighted by Crippen LogP contribution is -2.17. The number of halogens is 2. The second-order valence-corrected chi connectivity index (χ2v) is 7.84. The number of rotatable bonds is 4. The number of thiocarbonyl (C=S) groups is 1. The lowest BCUT2D eigenvalue weighted by Gasteiger charge is -2.14. The maximum Gasteiger partial charge on any atom is 0.263 e. The van der Waals surface area contributed by atoms with E-state index < -0.39 is 0 Å². The van der Waals surface area contributed by atoms with Gasteiger partial charge in [-0.1, -0.05) is 53.2 Å². The normalized spacial score (nSPS) is 15.3. The van der Waals surface area contributed by atoms with Crippen molar-refractivity contribution in [3.05, 3.63) is 50.8 Å². The van der Waals surface area contributed by atoms with E-state index in [0.29, 0.717) is 36.3 Å². The van der Waals surface area contributed by atoms with Crippen LogP contribution < -0.4 is 14.8 Å². The first-order chi connectivity index (χ1) is 12.4. The number of hydrogen-bond acceptors (Lipinski definition) is 5. The van der Waals surface area contributed by atoms with Gasteiger partial charge in [0.2, 0.25) is 0 Å². The van der Waals surface area contributed by atoms with E-state index in [1.807, 2.05) is 18.2 Å². The van der Waals surface area contributed by atoms with Crippen LogP contribution in [0, 0.1) is 0 Å². The van der Waals surface area contributed by atoms with Crippen LogP contribution in [0.4, 0.5) is 0 Å². The molecule has 0 aromatic heterocycles. The molecule has 8 heteroatoms. The van der Waals surface area contributed by atoms with Crippen molar-refractivity contribution in [3.8, 4) is 22.6 Å². The second kappa shape index (κ2) is 7.88. The number of hydrogen-bond donors (Lipinski definition) is 1. The summed E-state index contributed by atoms with van der Waals surface area (Å²) in [4.78, 5) is 12.5. The van der Waals surface area contributed by atoms with Gasteiger partial charge in [0.1, 0.15) is 4.32 Å². The van der Waals surface area contributed by atoms with Gasteiger partial charge in [0.15, 0.2) is 11.5 Å². The summed E-state index contributed by atoms with van der Waals surface area (Å²) < 4.78 is 11.4. The summed E-state index contributed by atoms with van der Waals surface area (Å²) in [6.45, 7) is 0. The lowest BCUT2D eigenvalue weighted by molar-refractivity contribution is -0.115. The molecule has 1 heterocycles. The molecule has 2 aromatic carbocycles. The monoisotopic (exact) mass is 425 g/mol. The van der Waals surface area contributed by atoms with Crippen LogP contribution in [0.5, 0.6) is 11.5 Å². The standard InChI is InChI=1S/C18H13Cl2NO3S2/c1-23-14-6-9(12-4-3-11(19)8-13(12)20)5-10(16(14)24-2)7-15-17(22)21-18(25)26-15/h3-8H,1-2H3,(H,21,22,25)/b15-7-. The molecule has 1 aliphatic heterocycles. The molecule has 0 unspecified atom stereocenters. The molecule has 1 saturated heterocycles. The maximum absolute atomic E-state index is 12.0. The Bertz CT molecular complexity index is 944. The Hall–Kier alpha value is -1.73. The predicted octanol–water partition coefficient (Wildman–Crippen LogP) is 5.17. The highest BCUT2D eigenvalue weighted by Gasteiger charge is 2.23. The largest absolute Gasteiger partial charge is 0.493 e. The van der Waals surface area contributed by atoms with Gasteiger partial charge in [-0.05, 0) is 35.9 Å². The van der Waals surface area contributed by atoms with Gasteiger partial charge in [-0.15, -0.1) is 0 Å². The zero-order chi connectivity index (χ0) is 18.8. The van der Waals surface area contributed by atoms with E-state index in [-0.39, 0.29) is 5.91 Å². The smallest absolute Gasteiger partial charge is 0.263 e. The summed E-state index contributed by atoms with van der Waals surface area (Å²) in [5.41, 5.74) is 2.27. The van der Waals surface area contributed by atoms with Crippen molar-refractivity contribution in [1.29, 1.82) is 0 Å². The first-order valence-corrected chi connectivity index (χ1v) is 9.37. The number of methoxy groups -OCH3 is 2. The van der Waals surface area contributed by atoms with E-state index in [1.165, 1.54) is 11.8 Å². The molecule has 1 amide bonds. The summed E-state index contributed by atoms with van der Waals surface area (Å²) in [6, 6.07) is 8.96. The Balaban J connectivity index is 2.18. The van der Waals surface area contributed by atoms with Crippen molar-refractivity contribution >= 4 is 63.5 Å². The first kappa shape index (κ1) is 19.0. The molecule has 0 aliphatic carbocycles. The van der Waals surface area contributed by atoms with Crippen LogP contribution in [0.3, 0.4) is 0 Å². The molecule has 1 aliphatic rings. The van der Waals surface area contributed by atoms with Crippen LogP contribution >= 0.6 is 47.2 Å². The Labute approximate surface area is 170 Å². The van der Waals surface area contributed by atoms with E-state index in [9.17, 15) is 4.79 Å². The Morgan fingerprint density at radius 3 is 2.50 bits per heavy atom. The molecule has 0 atom stereocenters. The van der Waals surface area contributed by atoms with Crippen molar-refractivity contribution in [2.24, 2.45) is 0 Å². The predicted molar refractivity (Wildman–Crippen MR) is 111 cm³/mol. The molecule has 134 valence electrons. The topological polar surface area (TPSA) is 47.6 Å². The van der Waals surface area contributed by atoms with Crippen molar-refractivity contribution in [1.82, 2.24) is 5.32 Å². The Morgan fingerprint density at radius 1 is 1.15 bits per heavy atom. The van der Waals surface area contributed by atoms with Gasteiger partial charge in [-0.2, -0.15) is 0 Å².